The van der Waals surface area contributed by atoms with Gasteiger partial charge in [-0.05, 0) is 0 Å². The molecule has 16 heavy (non-hydrogen) atoms. The monoisotopic (exact) mass is 221 g/mol. The van der Waals surface area contributed by atoms with Crippen LogP contribution in [-0.2, 0) is 17.8 Å². The zero-order valence-corrected chi connectivity index (χ0v) is 8.71. The molecule has 2 rings (SSSR count). The Labute approximate surface area is 90.9 Å². The third-order valence-electron chi connectivity index (χ3n) is 2.16. The highest BCUT2D eigenvalue weighted by atomic mass is 16.4. The molecule has 0 aliphatic carbocycles. The van der Waals surface area contributed by atoms with Crippen molar-refractivity contribution >= 4 is 23.0 Å². The van der Waals surface area contributed by atoms with Gasteiger partial charge in [-0.1, -0.05) is 6.92 Å². The summed E-state index contributed by atoms with van der Waals surface area (Å²) in [5, 5.41) is 8.72. The number of hydrogen-bond acceptors (Lipinski definition) is 5. The molecule has 0 unspecified atom stereocenters. The zero-order valence-electron chi connectivity index (χ0n) is 8.71. The maximum atomic E-state index is 10.6. The first-order chi connectivity index (χ1) is 7.61. The Morgan fingerprint density at radius 3 is 2.94 bits per heavy atom. The predicted molar refractivity (Wildman–Crippen MR) is 56.7 cm³/mol. The third-order valence-corrected chi connectivity index (χ3v) is 2.16. The van der Waals surface area contributed by atoms with Crippen molar-refractivity contribution in [1.29, 1.82) is 0 Å². The number of fused-ring (bicyclic) bond motifs is 1. The van der Waals surface area contributed by atoms with Crippen molar-refractivity contribution in [3.63, 3.8) is 0 Å². The molecule has 0 fully saturated rings. The number of aliphatic carboxylic acids is 1. The largest absolute Gasteiger partial charge is 0.480 e. The molecule has 0 bridgehead atoms. The number of nitrogen functional groups attached to an aromatic ring is 1. The van der Waals surface area contributed by atoms with Crippen molar-refractivity contribution in [2.45, 2.75) is 19.9 Å². The van der Waals surface area contributed by atoms with E-state index in [-0.39, 0.29) is 12.4 Å². The summed E-state index contributed by atoms with van der Waals surface area (Å²) in [7, 11) is 0. The standard InChI is InChI=1S/C9H11N5O2/c1-2-5-12-8(10)7-9(13-5)14(4-11-7)3-6(15)16/h4H,2-3H2,1H3,(H,15,16)(H2,10,12,13). The van der Waals surface area contributed by atoms with E-state index in [9.17, 15) is 4.79 Å². The molecule has 0 saturated heterocycles. The Balaban J connectivity index is 2.60. The van der Waals surface area contributed by atoms with Gasteiger partial charge < -0.3 is 15.4 Å². The van der Waals surface area contributed by atoms with Crippen molar-refractivity contribution in [3.05, 3.63) is 12.2 Å². The third kappa shape index (κ3) is 1.67. The van der Waals surface area contributed by atoms with Gasteiger partial charge >= 0.3 is 5.97 Å². The highest BCUT2D eigenvalue weighted by Crippen LogP contribution is 2.16. The zero-order chi connectivity index (χ0) is 11.7. The molecule has 2 aromatic rings. The number of nitrogens with two attached hydrogens (primary N) is 1. The molecule has 0 aromatic carbocycles. The average molecular weight is 221 g/mol. The molecule has 0 atom stereocenters. The SMILES string of the molecule is CCc1nc(N)c2ncn(CC(=O)O)c2n1. The Morgan fingerprint density at radius 2 is 2.31 bits per heavy atom. The molecule has 0 spiro atoms. The lowest BCUT2D eigenvalue weighted by Gasteiger charge is -2.02. The fourth-order valence-electron chi connectivity index (χ4n) is 1.43. The molecule has 0 aliphatic rings. The second-order valence-corrected chi connectivity index (χ2v) is 3.32. The minimum absolute atomic E-state index is 0.184. The summed E-state index contributed by atoms with van der Waals surface area (Å²) in [6.45, 7) is 1.72. The molecule has 0 amide bonds. The van der Waals surface area contributed by atoms with Crippen LogP contribution in [0.15, 0.2) is 6.33 Å². The first kappa shape index (κ1) is 10.3. The fraction of sp³-hybridized carbons (Fsp3) is 0.333. The summed E-state index contributed by atoms with van der Waals surface area (Å²) in [6, 6.07) is 0. The summed E-state index contributed by atoms with van der Waals surface area (Å²) >= 11 is 0. The Kier molecular flexibility index (Phi) is 2.43. The van der Waals surface area contributed by atoms with Crippen LogP contribution >= 0.6 is 0 Å². The van der Waals surface area contributed by atoms with Crippen molar-refractivity contribution in [2.24, 2.45) is 0 Å². The number of hydrogen-bond donors (Lipinski definition) is 2. The van der Waals surface area contributed by atoms with Gasteiger partial charge in [-0.2, -0.15) is 0 Å². The van der Waals surface area contributed by atoms with E-state index in [1.54, 1.807) is 0 Å². The number of carbonyl (C=O) groups is 1. The molecule has 2 heterocycles. The number of nitrogens with zero attached hydrogens (tertiary/aromatic N) is 4. The molecule has 0 radical (unpaired) electrons. The lowest BCUT2D eigenvalue weighted by molar-refractivity contribution is -0.137. The number of aryl methyl sites for hydroxylation is 1. The van der Waals surface area contributed by atoms with Gasteiger partial charge in [0.15, 0.2) is 11.5 Å². The quantitative estimate of drug-likeness (QED) is 0.758. The van der Waals surface area contributed by atoms with E-state index >= 15 is 0 Å². The van der Waals surface area contributed by atoms with Gasteiger partial charge in [0.05, 0.1) is 6.33 Å². The highest BCUT2D eigenvalue weighted by Gasteiger charge is 2.11. The van der Waals surface area contributed by atoms with Crippen molar-refractivity contribution in [2.75, 3.05) is 5.73 Å². The van der Waals surface area contributed by atoms with Crippen LogP contribution in [0.3, 0.4) is 0 Å². The van der Waals surface area contributed by atoms with Crippen molar-refractivity contribution in [1.82, 2.24) is 19.5 Å². The number of anilines is 1. The van der Waals surface area contributed by atoms with Gasteiger partial charge in [0.1, 0.15) is 17.9 Å². The van der Waals surface area contributed by atoms with E-state index < -0.39 is 5.97 Å². The highest BCUT2D eigenvalue weighted by molar-refractivity contribution is 5.82. The van der Waals surface area contributed by atoms with E-state index in [1.165, 1.54) is 10.9 Å². The Bertz CT molecular complexity index is 548. The Hall–Kier alpha value is -2.18. The van der Waals surface area contributed by atoms with E-state index in [0.717, 1.165) is 0 Å². The van der Waals surface area contributed by atoms with Crippen LogP contribution in [0.1, 0.15) is 12.7 Å². The van der Waals surface area contributed by atoms with Crippen LogP contribution in [-0.4, -0.2) is 30.6 Å². The number of carboxylic acid groups (broad SMARTS) is 1. The molecule has 0 aliphatic heterocycles. The van der Waals surface area contributed by atoms with Gasteiger partial charge in [-0.3, -0.25) is 4.79 Å². The first-order valence-electron chi connectivity index (χ1n) is 4.80. The maximum Gasteiger partial charge on any atom is 0.323 e. The van der Waals surface area contributed by atoms with Gasteiger partial charge in [-0.25, -0.2) is 15.0 Å². The first-order valence-corrected chi connectivity index (χ1v) is 4.80. The summed E-state index contributed by atoms with van der Waals surface area (Å²) in [6.07, 6.45) is 2.04. The molecular weight excluding hydrogens is 210 g/mol. The van der Waals surface area contributed by atoms with Crippen molar-refractivity contribution < 1.29 is 9.90 Å². The normalized spacial score (nSPS) is 10.8. The Morgan fingerprint density at radius 1 is 1.56 bits per heavy atom. The molecule has 3 N–H and O–H groups in total. The maximum absolute atomic E-state index is 10.6. The number of aromatic nitrogens is 4. The molecule has 7 nitrogen and oxygen atoms in total. The minimum Gasteiger partial charge on any atom is -0.480 e. The van der Waals surface area contributed by atoms with E-state index in [4.69, 9.17) is 10.8 Å². The summed E-state index contributed by atoms with van der Waals surface area (Å²) in [4.78, 5) is 22.9. The van der Waals surface area contributed by atoms with Crippen LogP contribution in [0.25, 0.3) is 11.2 Å². The molecule has 7 heteroatoms. The second-order valence-electron chi connectivity index (χ2n) is 3.32. The van der Waals surface area contributed by atoms with Crippen LogP contribution < -0.4 is 5.73 Å². The molecular formula is C9H11N5O2. The van der Waals surface area contributed by atoms with Gasteiger partial charge in [0.25, 0.3) is 0 Å². The predicted octanol–water partition coefficient (Wildman–Crippen LogP) is 0.0555. The number of rotatable bonds is 3. The summed E-state index contributed by atoms with van der Waals surface area (Å²) < 4.78 is 1.44. The summed E-state index contributed by atoms with van der Waals surface area (Å²) in [5.74, 6) is -0.0855. The van der Waals surface area contributed by atoms with Gasteiger partial charge in [0.2, 0.25) is 0 Å². The molecule has 2 aromatic heterocycles. The molecule has 84 valence electrons. The van der Waals surface area contributed by atoms with Crippen LogP contribution in [0.2, 0.25) is 0 Å². The van der Waals surface area contributed by atoms with E-state index in [1.807, 2.05) is 6.92 Å². The van der Waals surface area contributed by atoms with Gasteiger partial charge in [-0.15, -0.1) is 0 Å². The molecule has 0 saturated carbocycles. The smallest absolute Gasteiger partial charge is 0.323 e. The second kappa shape index (κ2) is 3.76. The van der Waals surface area contributed by atoms with E-state index in [0.29, 0.717) is 23.4 Å². The lowest BCUT2D eigenvalue weighted by Crippen LogP contribution is -2.09. The number of imidazole rings is 1. The van der Waals surface area contributed by atoms with Gasteiger partial charge in [0, 0.05) is 6.42 Å². The van der Waals surface area contributed by atoms with Crippen molar-refractivity contribution in [3.8, 4) is 0 Å². The van der Waals surface area contributed by atoms with E-state index in [2.05, 4.69) is 15.0 Å². The van der Waals surface area contributed by atoms with Crippen LogP contribution in [0.5, 0.6) is 0 Å². The lowest BCUT2D eigenvalue weighted by atomic mass is 10.4. The summed E-state index contributed by atoms with van der Waals surface area (Å²) in [5.41, 5.74) is 6.61. The minimum atomic E-state index is -0.950. The van der Waals surface area contributed by atoms with Crippen LogP contribution in [0, 0.1) is 0 Å². The average Bonchev–Trinajstić information content (AvgIpc) is 2.61. The fourth-order valence-corrected chi connectivity index (χ4v) is 1.43. The van der Waals surface area contributed by atoms with Crippen LogP contribution in [0.4, 0.5) is 5.82 Å². The topological polar surface area (TPSA) is 107 Å². The number of carboxylic acids is 1.